The molecule has 0 spiro atoms. The van der Waals surface area contributed by atoms with Crippen molar-refractivity contribution >= 4 is 22.8 Å². The minimum atomic E-state index is -1.15. The molecule has 1 unspecified atom stereocenters. The van der Waals surface area contributed by atoms with Gasteiger partial charge in [0.1, 0.15) is 17.4 Å². The number of carboxylic acids is 1. The Morgan fingerprint density at radius 1 is 1.16 bits per heavy atom. The van der Waals surface area contributed by atoms with Crippen LogP contribution in [0.4, 0.5) is 0 Å². The molecule has 0 aliphatic rings. The van der Waals surface area contributed by atoms with Crippen molar-refractivity contribution in [2.75, 3.05) is 0 Å². The molecule has 8 nitrogen and oxygen atoms in total. The zero-order chi connectivity index (χ0) is 22.8. The number of hydrogen-bond donors (Lipinski definition) is 3. The molecule has 2 heterocycles. The number of aromatic amines is 1. The van der Waals surface area contributed by atoms with Crippen LogP contribution in [0.5, 0.6) is 0 Å². The first-order valence-electron chi connectivity index (χ1n) is 9.98. The number of aryl methyl sites for hydroxylation is 2. The van der Waals surface area contributed by atoms with Crippen LogP contribution in [0.1, 0.15) is 27.2 Å². The summed E-state index contributed by atoms with van der Waals surface area (Å²) >= 11 is 0. The average molecular weight is 431 g/mol. The fourth-order valence-electron chi connectivity index (χ4n) is 3.60. The molecule has 0 saturated heterocycles. The van der Waals surface area contributed by atoms with Gasteiger partial charge in [0.15, 0.2) is 5.43 Å². The van der Waals surface area contributed by atoms with Crippen molar-refractivity contribution in [3.8, 4) is 11.3 Å². The Morgan fingerprint density at radius 2 is 1.91 bits per heavy atom. The number of imidazole rings is 1. The van der Waals surface area contributed by atoms with Gasteiger partial charge < -0.3 is 19.8 Å². The highest BCUT2D eigenvalue weighted by Gasteiger charge is 2.22. The van der Waals surface area contributed by atoms with Gasteiger partial charge in [-0.3, -0.25) is 9.59 Å². The topological polar surface area (TPSA) is 125 Å². The van der Waals surface area contributed by atoms with Gasteiger partial charge >= 0.3 is 5.97 Å². The van der Waals surface area contributed by atoms with Gasteiger partial charge in [0.05, 0.1) is 11.7 Å². The van der Waals surface area contributed by atoms with Crippen molar-refractivity contribution < 1.29 is 19.1 Å². The van der Waals surface area contributed by atoms with E-state index in [1.807, 2.05) is 19.9 Å². The van der Waals surface area contributed by atoms with Crippen molar-refractivity contribution in [2.24, 2.45) is 0 Å². The lowest BCUT2D eigenvalue weighted by atomic mass is 10.0. The molecule has 0 fully saturated rings. The standard InChI is InChI=1S/C24H21N3O5/c1-13-7-14(2)22-18(8-13)20(28)10-21(32-22)15-3-5-16(6-4-15)23(29)27-19(24(30)31)9-17-11-25-12-26-17/h3-8,10-12,19H,9H2,1-2H3,(H,25,26)(H,27,29)(H,30,31). The molecule has 0 aliphatic heterocycles. The molecule has 0 aliphatic carbocycles. The van der Waals surface area contributed by atoms with Crippen LogP contribution < -0.4 is 10.7 Å². The number of carboxylic acid groups (broad SMARTS) is 1. The van der Waals surface area contributed by atoms with E-state index in [-0.39, 0.29) is 11.8 Å². The number of nitrogens with zero attached hydrogens (tertiary/aromatic N) is 1. The number of hydrogen-bond acceptors (Lipinski definition) is 5. The van der Waals surface area contributed by atoms with Gasteiger partial charge in [0.2, 0.25) is 0 Å². The molecule has 3 N–H and O–H groups in total. The maximum absolute atomic E-state index is 12.6. The number of aliphatic carboxylic acids is 1. The summed E-state index contributed by atoms with van der Waals surface area (Å²) in [5.41, 5.74) is 3.77. The zero-order valence-corrected chi connectivity index (χ0v) is 17.5. The van der Waals surface area contributed by atoms with E-state index in [9.17, 15) is 19.5 Å². The normalized spacial score (nSPS) is 11.9. The van der Waals surface area contributed by atoms with Crippen molar-refractivity contribution in [3.63, 3.8) is 0 Å². The molecule has 0 bridgehead atoms. The average Bonchev–Trinajstić information content (AvgIpc) is 3.27. The number of benzene rings is 2. The fourth-order valence-corrected chi connectivity index (χ4v) is 3.60. The minimum Gasteiger partial charge on any atom is -0.480 e. The van der Waals surface area contributed by atoms with Crippen molar-refractivity contribution in [1.82, 2.24) is 15.3 Å². The maximum atomic E-state index is 12.6. The van der Waals surface area contributed by atoms with Gasteiger partial charge in [0, 0.05) is 35.5 Å². The molecule has 2 aromatic heterocycles. The van der Waals surface area contributed by atoms with Gasteiger partial charge in [0.25, 0.3) is 5.91 Å². The molecule has 0 radical (unpaired) electrons. The van der Waals surface area contributed by atoms with Crippen LogP contribution in [-0.4, -0.2) is 33.0 Å². The van der Waals surface area contributed by atoms with E-state index in [4.69, 9.17) is 4.42 Å². The van der Waals surface area contributed by atoms with E-state index < -0.39 is 17.9 Å². The predicted octanol–water partition coefficient (Wildman–Crippen LogP) is 3.23. The number of rotatable bonds is 6. The van der Waals surface area contributed by atoms with Gasteiger partial charge in [-0.1, -0.05) is 18.2 Å². The summed E-state index contributed by atoms with van der Waals surface area (Å²) in [6.45, 7) is 3.81. The highest BCUT2D eigenvalue weighted by Crippen LogP contribution is 2.25. The molecule has 8 heteroatoms. The molecule has 32 heavy (non-hydrogen) atoms. The number of carbonyl (C=O) groups is 2. The molecule has 4 aromatic rings. The number of carbonyl (C=O) groups excluding carboxylic acids is 1. The number of fused-ring (bicyclic) bond motifs is 1. The molecular weight excluding hydrogens is 410 g/mol. The monoisotopic (exact) mass is 431 g/mol. The summed E-state index contributed by atoms with van der Waals surface area (Å²) in [6.07, 6.45) is 3.04. The second-order valence-corrected chi connectivity index (χ2v) is 7.66. The zero-order valence-electron chi connectivity index (χ0n) is 17.5. The summed E-state index contributed by atoms with van der Waals surface area (Å²) in [4.78, 5) is 43.4. The van der Waals surface area contributed by atoms with Crippen LogP contribution in [0.2, 0.25) is 0 Å². The third-order valence-electron chi connectivity index (χ3n) is 5.17. The van der Waals surface area contributed by atoms with Crippen molar-refractivity contribution in [3.05, 3.63) is 87.6 Å². The van der Waals surface area contributed by atoms with Crippen LogP contribution in [0.25, 0.3) is 22.3 Å². The second-order valence-electron chi connectivity index (χ2n) is 7.66. The summed E-state index contributed by atoms with van der Waals surface area (Å²) in [5.74, 6) is -1.27. The highest BCUT2D eigenvalue weighted by molar-refractivity contribution is 5.97. The smallest absolute Gasteiger partial charge is 0.326 e. The summed E-state index contributed by atoms with van der Waals surface area (Å²) in [6, 6.07) is 10.5. The lowest BCUT2D eigenvalue weighted by Crippen LogP contribution is -2.42. The third kappa shape index (κ3) is 4.29. The highest BCUT2D eigenvalue weighted by atomic mass is 16.4. The van der Waals surface area contributed by atoms with E-state index in [2.05, 4.69) is 15.3 Å². The molecule has 1 atom stereocenters. The summed E-state index contributed by atoms with van der Waals surface area (Å²) in [5, 5.41) is 12.5. The summed E-state index contributed by atoms with van der Waals surface area (Å²) in [7, 11) is 0. The van der Waals surface area contributed by atoms with Crippen molar-refractivity contribution in [1.29, 1.82) is 0 Å². The van der Waals surface area contributed by atoms with Gasteiger partial charge in [-0.2, -0.15) is 0 Å². The Morgan fingerprint density at radius 3 is 2.56 bits per heavy atom. The SMILES string of the molecule is Cc1cc(C)c2oc(-c3ccc(C(=O)NC(Cc4cnc[nH]4)C(=O)O)cc3)cc(=O)c2c1. The molecule has 162 valence electrons. The van der Waals surface area contributed by atoms with Crippen LogP contribution >= 0.6 is 0 Å². The van der Waals surface area contributed by atoms with E-state index in [0.29, 0.717) is 33.6 Å². The molecule has 1 amide bonds. The molecule has 0 saturated carbocycles. The Labute approximate surface area is 182 Å². The lowest BCUT2D eigenvalue weighted by Gasteiger charge is -2.14. The lowest BCUT2D eigenvalue weighted by molar-refractivity contribution is -0.139. The van der Waals surface area contributed by atoms with E-state index in [1.54, 1.807) is 30.3 Å². The van der Waals surface area contributed by atoms with Crippen LogP contribution in [-0.2, 0) is 11.2 Å². The largest absolute Gasteiger partial charge is 0.480 e. The van der Waals surface area contributed by atoms with Gasteiger partial charge in [-0.25, -0.2) is 9.78 Å². The van der Waals surface area contributed by atoms with E-state index >= 15 is 0 Å². The second kappa shape index (κ2) is 8.50. The van der Waals surface area contributed by atoms with Crippen LogP contribution in [0.15, 0.2) is 64.2 Å². The number of nitrogens with one attached hydrogen (secondary N) is 2. The Balaban J connectivity index is 1.57. The first-order chi connectivity index (χ1) is 15.3. The minimum absolute atomic E-state index is 0.0836. The molecule has 2 aromatic carbocycles. The van der Waals surface area contributed by atoms with Gasteiger partial charge in [-0.15, -0.1) is 0 Å². The number of amides is 1. The third-order valence-corrected chi connectivity index (χ3v) is 5.17. The fraction of sp³-hybridized carbons (Fsp3) is 0.167. The predicted molar refractivity (Wildman–Crippen MR) is 119 cm³/mol. The van der Waals surface area contributed by atoms with Crippen LogP contribution in [0, 0.1) is 13.8 Å². The molecular formula is C24H21N3O5. The van der Waals surface area contributed by atoms with E-state index in [0.717, 1.165) is 11.1 Å². The van der Waals surface area contributed by atoms with Crippen molar-refractivity contribution in [2.45, 2.75) is 26.3 Å². The van der Waals surface area contributed by atoms with Gasteiger partial charge in [-0.05, 0) is 43.2 Å². The summed E-state index contributed by atoms with van der Waals surface area (Å²) < 4.78 is 5.98. The van der Waals surface area contributed by atoms with E-state index in [1.165, 1.54) is 18.6 Å². The first-order valence-corrected chi connectivity index (χ1v) is 9.98. The maximum Gasteiger partial charge on any atom is 0.326 e. The first kappa shape index (κ1) is 21.0. The molecule has 4 rings (SSSR count). The van der Waals surface area contributed by atoms with Crippen LogP contribution in [0.3, 0.4) is 0 Å². The quantitative estimate of drug-likeness (QED) is 0.430. The number of H-pyrrole nitrogens is 1. The number of aromatic nitrogens is 2. The Kier molecular flexibility index (Phi) is 5.59. The Hall–Kier alpha value is -4.20. The Bertz CT molecular complexity index is 1360.